The van der Waals surface area contributed by atoms with Crippen LogP contribution in [0.3, 0.4) is 0 Å². The second kappa shape index (κ2) is 6.37. The van der Waals surface area contributed by atoms with Crippen molar-refractivity contribution in [1.82, 2.24) is 24.5 Å². The third kappa shape index (κ3) is 3.48. The fraction of sp³-hybridized carbons (Fsp3) is 0.462. The van der Waals surface area contributed by atoms with E-state index in [1.165, 1.54) is 16.9 Å². The van der Waals surface area contributed by atoms with Crippen molar-refractivity contribution in [2.24, 2.45) is 7.05 Å². The van der Waals surface area contributed by atoms with Crippen LogP contribution in [0.1, 0.15) is 17.7 Å². The minimum Gasteiger partial charge on any atom is -0.358 e. The van der Waals surface area contributed by atoms with Crippen LogP contribution in [0.15, 0.2) is 18.5 Å². The first-order chi connectivity index (χ1) is 10.4. The maximum atomic E-state index is 12.1. The molecule has 0 saturated carbocycles. The molecule has 2 heterocycles. The average molecular weight is 306 g/mol. The zero-order valence-corrected chi connectivity index (χ0v) is 12.8. The van der Waals surface area contributed by atoms with Crippen LogP contribution in [0.4, 0.5) is 5.82 Å². The summed E-state index contributed by atoms with van der Waals surface area (Å²) in [4.78, 5) is 23.7. The fourth-order valence-electron chi connectivity index (χ4n) is 2.02. The number of amides is 1. The van der Waals surface area contributed by atoms with Gasteiger partial charge >= 0.3 is 5.82 Å². The van der Waals surface area contributed by atoms with Gasteiger partial charge in [0.15, 0.2) is 0 Å². The summed E-state index contributed by atoms with van der Waals surface area (Å²) in [7, 11) is 3.57. The van der Waals surface area contributed by atoms with E-state index in [1.54, 1.807) is 22.8 Å². The Balaban J connectivity index is 1.88. The summed E-state index contributed by atoms with van der Waals surface area (Å²) in [6, 6.07) is 1.31. The normalized spacial score (nSPS) is 10.7. The summed E-state index contributed by atoms with van der Waals surface area (Å²) >= 11 is 0. The molecule has 0 saturated heterocycles. The quantitative estimate of drug-likeness (QED) is 0.582. The second-order valence-electron chi connectivity index (χ2n) is 5.07. The summed E-state index contributed by atoms with van der Waals surface area (Å²) in [5.74, 6) is -0.270. The molecule has 118 valence electrons. The molecular weight excluding hydrogens is 288 g/mol. The predicted octanol–water partition coefficient (Wildman–Crippen LogP) is 0.882. The maximum absolute atomic E-state index is 12.1. The molecule has 0 aliphatic carbocycles. The Bertz CT molecular complexity index is 690. The first kappa shape index (κ1) is 15.7. The van der Waals surface area contributed by atoms with Crippen LogP contribution in [0, 0.1) is 17.0 Å². The summed E-state index contributed by atoms with van der Waals surface area (Å²) in [5, 5.41) is 18.5. The van der Waals surface area contributed by atoms with Crippen molar-refractivity contribution in [3.8, 4) is 0 Å². The molecule has 0 aromatic carbocycles. The molecule has 9 nitrogen and oxygen atoms in total. The molecule has 1 amide bonds. The number of nitrogens with zero attached hydrogens (tertiary/aromatic N) is 6. The van der Waals surface area contributed by atoms with Gasteiger partial charge in [0, 0.05) is 38.3 Å². The van der Waals surface area contributed by atoms with Gasteiger partial charge in [-0.15, -0.1) is 0 Å². The fourth-order valence-corrected chi connectivity index (χ4v) is 2.02. The number of hydrogen-bond donors (Lipinski definition) is 0. The van der Waals surface area contributed by atoms with Gasteiger partial charge in [0.2, 0.25) is 5.91 Å². The Labute approximate surface area is 127 Å². The molecule has 0 atom stereocenters. The highest BCUT2D eigenvalue weighted by molar-refractivity contribution is 5.75. The average Bonchev–Trinajstić information content (AvgIpc) is 3.07. The lowest BCUT2D eigenvalue weighted by molar-refractivity contribution is -0.389. The van der Waals surface area contributed by atoms with Gasteiger partial charge in [0.25, 0.3) is 0 Å². The Kier molecular flexibility index (Phi) is 4.54. The highest BCUT2D eigenvalue weighted by Gasteiger charge is 2.15. The predicted molar refractivity (Wildman–Crippen MR) is 77.9 cm³/mol. The van der Waals surface area contributed by atoms with Crippen molar-refractivity contribution in [2.45, 2.75) is 26.4 Å². The minimum atomic E-state index is -0.560. The Hall–Kier alpha value is -2.71. The largest absolute Gasteiger partial charge is 0.389 e. The number of carbonyl (C=O) groups excluding carboxylic acids is 1. The van der Waals surface area contributed by atoms with Crippen LogP contribution in [0.25, 0.3) is 0 Å². The lowest BCUT2D eigenvalue weighted by atomic mass is 10.2. The minimum absolute atomic E-state index is 0.0543. The van der Waals surface area contributed by atoms with Gasteiger partial charge in [-0.25, -0.2) is 0 Å². The second-order valence-corrected chi connectivity index (χ2v) is 5.07. The number of carbonyl (C=O) groups is 1. The zero-order chi connectivity index (χ0) is 16.3. The molecule has 0 fully saturated rings. The van der Waals surface area contributed by atoms with Gasteiger partial charge in [-0.05, 0) is 11.8 Å². The van der Waals surface area contributed by atoms with Crippen LogP contribution in [-0.2, 0) is 24.9 Å². The summed E-state index contributed by atoms with van der Waals surface area (Å²) in [6.45, 7) is 2.74. The van der Waals surface area contributed by atoms with Gasteiger partial charge in [-0.3, -0.25) is 9.48 Å². The van der Waals surface area contributed by atoms with Crippen molar-refractivity contribution in [1.29, 1.82) is 0 Å². The van der Waals surface area contributed by atoms with Gasteiger partial charge in [0.05, 0.1) is 30.1 Å². The molecule has 22 heavy (non-hydrogen) atoms. The Morgan fingerprint density at radius 1 is 1.50 bits per heavy atom. The Morgan fingerprint density at radius 2 is 2.23 bits per heavy atom. The molecule has 2 aromatic rings. The van der Waals surface area contributed by atoms with E-state index < -0.39 is 4.92 Å². The zero-order valence-electron chi connectivity index (χ0n) is 12.8. The molecule has 0 unspecified atom stereocenters. The van der Waals surface area contributed by atoms with E-state index in [9.17, 15) is 14.9 Å². The first-order valence-corrected chi connectivity index (χ1v) is 6.77. The van der Waals surface area contributed by atoms with Gasteiger partial charge < -0.3 is 15.0 Å². The van der Waals surface area contributed by atoms with Crippen molar-refractivity contribution < 1.29 is 9.72 Å². The highest BCUT2D eigenvalue weighted by Crippen LogP contribution is 2.10. The molecule has 0 radical (unpaired) electrons. The van der Waals surface area contributed by atoms with E-state index >= 15 is 0 Å². The lowest BCUT2D eigenvalue weighted by Crippen LogP contribution is -2.27. The van der Waals surface area contributed by atoms with Crippen LogP contribution < -0.4 is 0 Å². The number of nitro groups is 1. The van der Waals surface area contributed by atoms with Gasteiger partial charge in [0.1, 0.15) is 0 Å². The number of aromatic nitrogens is 4. The first-order valence-electron chi connectivity index (χ1n) is 6.77. The van der Waals surface area contributed by atoms with Crippen LogP contribution >= 0.6 is 0 Å². The molecule has 0 N–H and O–H groups in total. The molecule has 0 aliphatic rings. The van der Waals surface area contributed by atoms with Gasteiger partial charge in [-0.1, -0.05) is 0 Å². The topological polar surface area (TPSA) is 99.1 Å². The van der Waals surface area contributed by atoms with E-state index in [0.29, 0.717) is 13.1 Å². The van der Waals surface area contributed by atoms with E-state index in [-0.39, 0.29) is 18.1 Å². The van der Waals surface area contributed by atoms with Crippen LogP contribution in [0.5, 0.6) is 0 Å². The molecule has 0 aliphatic heterocycles. The van der Waals surface area contributed by atoms with Crippen molar-refractivity contribution in [3.63, 3.8) is 0 Å². The van der Waals surface area contributed by atoms with E-state index in [4.69, 9.17) is 0 Å². The Morgan fingerprint density at radius 3 is 2.77 bits per heavy atom. The number of aryl methyl sites for hydroxylation is 2. The monoisotopic (exact) mass is 306 g/mol. The van der Waals surface area contributed by atoms with E-state index in [2.05, 4.69) is 10.2 Å². The molecular formula is C13H18N6O3. The third-order valence-electron chi connectivity index (χ3n) is 3.54. The van der Waals surface area contributed by atoms with Crippen molar-refractivity contribution >= 4 is 11.7 Å². The number of rotatable bonds is 6. The number of hydrogen-bond acceptors (Lipinski definition) is 5. The van der Waals surface area contributed by atoms with E-state index in [0.717, 1.165) is 11.3 Å². The van der Waals surface area contributed by atoms with E-state index in [1.807, 2.05) is 14.0 Å². The SMILES string of the molecule is Cc1c(CN(C)C(=O)CCn2ccc([N+](=O)[O-])n2)cnn1C. The molecule has 2 rings (SSSR count). The summed E-state index contributed by atoms with van der Waals surface area (Å²) < 4.78 is 3.16. The van der Waals surface area contributed by atoms with Crippen molar-refractivity contribution in [2.75, 3.05) is 7.05 Å². The van der Waals surface area contributed by atoms with Crippen molar-refractivity contribution in [3.05, 3.63) is 39.8 Å². The molecule has 9 heteroatoms. The van der Waals surface area contributed by atoms with Gasteiger partial charge in [-0.2, -0.15) is 9.78 Å². The molecule has 0 bridgehead atoms. The molecule has 2 aromatic heterocycles. The highest BCUT2D eigenvalue weighted by atomic mass is 16.6. The third-order valence-corrected chi connectivity index (χ3v) is 3.54. The lowest BCUT2D eigenvalue weighted by Gasteiger charge is -2.16. The smallest absolute Gasteiger partial charge is 0.358 e. The maximum Gasteiger partial charge on any atom is 0.389 e. The summed E-state index contributed by atoms with van der Waals surface area (Å²) in [5.41, 5.74) is 2.01. The van der Waals surface area contributed by atoms with Crippen LogP contribution in [0.2, 0.25) is 0 Å². The summed E-state index contributed by atoms with van der Waals surface area (Å²) in [6.07, 6.45) is 3.47. The van der Waals surface area contributed by atoms with Crippen LogP contribution in [-0.4, -0.2) is 42.3 Å². The standard InChI is InChI=1S/C13H18N6O3/c1-10-11(8-14-17(10)3)9-16(2)13(20)5-7-18-6-4-12(15-18)19(21)22/h4,6,8H,5,7,9H2,1-3H3. The molecule has 0 spiro atoms.